The third kappa shape index (κ3) is 6.41. The minimum atomic E-state index is -0.410. The third-order valence-corrected chi connectivity index (χ3v) is 5.25. The third-order valence-electron chi connectivity index (χ3n) is 4.17. The Balaban J connectivity index is 2.07. The Morgan fingerprint density at radius 1 is 1.04 bits per heavy atom. The number of hydrogen-bond donors (Lipinski definition) is 2. The van der Waals surface area contributed by atoms with Crippen LogP contribution in [0.5, 0.6) is 0 Å². The second-order valence-corrected chi connectivity index (χ2v) is 7.21. The second kappa shape index (κ2) is 10.7. The van der Waals surface area contributed by atoms with E-state index < -0.39 is 6.04 Å². The van der Waals surface area contributed by atoms with Crippen molar-refractivity contribution < 1.29 is 9.59 Å². The van der Waals surface area contributed by atoms with Gasteiger partial charge >= 0.3 is 0 Å². The molecule has 0 radical (unpaired) electrons. The van der Waals surface area contributed by atoms with Crippen molar-refractivity contribution in [1.29, 1.82) is 0 Å². The van der Waals surface area contributed by atoms with E-state index >= 15 is 0 Å². The molecule has 0 bridgehead atoms. The molecule has 1 unspecified atom stereocenters. The van der Waals surface area contributed by atoms with Crippen LogP contribution in [0.3, 0.4) is 0 Å². The van der Waals surface area contributed by atoms with Gasteiger partial charge in [0.15, 0.2) is 0 Å². The zero-order valence-electron chi connectivity index (χ0n) is 16.1. The smallest absolute Gasteiger partial charge is 0.241 e. The molecule has 0 heterocycles. The Morgan fingerprint density at radius 3 is 2.37 bits per heavy atom. The number of para-hydroxylation sites is 1. The van der Waals surface area contributed by atoms with Crippen LogP contribution in [0.15, 0.2) is 64.4 Å². The summed E-state index contributed by atoms with van der Waals surface area (Å²) in [6.07, 6.45) is 0. The van der Waals surface area contributed by atoms with Crippen LogP contribution in [0.25, 0.3) is 0 Å². The molecule has 2 aromatic rings. The van der Waals surface area contributed by atoms with Crippen molar-refractivity contribution >= 4 is 29.3 Å². The molecule has 0 aliphatic heterocycles. The van der Waals surface area contributed by atoms with E-state index in [2.05, 4.69) is 10.6 Å². The van der Waals surface area contributed by atoms with Gasteiger partial charge in [-0.1, -0.05) is 49.0 Å². The molecule has 0 spiro atoms. The highest BCUT2D eigenvalue weighted by Gasteiger charge is 2.22. The van der Waals surface area contributed by atoms with Gasteiger partial charge in [-0.25, -0.2) is 0 Å². The maximum absolute atomic E-state index is 12.8. The number of likely N-dealkylation sites (N-methyl/N-ethyl adjacent to an activating group) is 2. The first-order valence-electron chi connectivity index (χ1n) is 9.18. The molecule has 2 amide bonds. The molecule has 0 aliphatic carbocycles. The van der Waals surface area contributed by atoms with E-state index in [-0.39, 0.29) is 18.4 Å². The van der Waals surface area contributed by atoms with Gasteiger partial charge in [-0.3, -0.25) is 14.5 Å². The number of anilines is 1. The zero-order valence-corrected chi connectivity index (χ0v) is 16.9. The van der Waals surface area contributed by atoms with Gasteiger partial charge in [0.1, 0.15) is 0 Å². The summed E-state index contributed by atoms with van der Waals surface area (Å²) in [5, 5.41) is 5.79. The van der Waals surface area contributed by atoms with Crippen molar-refractivity contribution in [3.63, 3.8) is 0 Å². The molecule has 2 N–H and O–H groups in total. The fourth-order valence-electron chi connectivity index (χ4n) is 2.64. The molecule has 2 aromatic carbocycles. The molecule has 0 saturated carbocycles. The molecule has 27 heavy (non-hydrogen) atoms. The monoisotopic (exact) mass is 385 g/mol. The number of nitrogens with one attached hydrogen (secondary N) is 2. The number of benzene rings is 2. The largest absolute Gasteiger partial charge is 0.355 e. The van der Waals surface area contributed by atoms with E-state index in [1.807, 2.05) is 80.3 Å². The molecule has 0 aliphatic rings. The van der Waals surface area contributed by atoms with Gasteiger partial charge in [0.25, 0.3) is 0 Å². The summed E-state index contributed by atoms with van der Waals surface area (Å²) < 4.78 is 0. The van der Waals surface area contributed by atoms with Gasteiger partial charge in [0, 0.05) is 16.3 Å². The van der Waals surface area contributed by atoms with Crippen LogP contribution in [0, 0.1) is 0 Å². The lowest BCUT2D eigenvalue weighted by Crippen LogP contribution is -2.46. The zero-order chi connectivity index (χ0) is 19.6. The average Bonchev–Trinajstić information content (AvgIpc) is 2.68. The maximum atomic E-state index is 12.8. The van der Waals surface area contributed by atoms with E-state index in [0.717, 1.165) is 15.5 Å². The number of carbonyl (C=O) groups excluding carboxylic acids is 2. The van der Waals surface area contributed by atoms with Crippen molar-refractivity contribution in [3.8, 4) is 0 Å². The lowest BCUT2D eigenvalue weighted by molar-refractivity contribution is -0.125. The molecular formula is C21H27N3O2S. The van der Waals surface area contributed by atoms with Gasteiger partial charge in [0.05, 0.1) is 18.3 Å². The number of amides is 2. The van der Waals surface area contributed by atoms with Crippen LogP contribution >= 0.6 is 11.8 Å². The van der Waals surface area contributed by atoms with Crippen molar-refractivity contribution in [2.45, 2.75) is 36.6 Å². The first-order chi connectivity index (χ1) is 13.0. The van der Waals surface area contributed by atoms with Crippen molar-refractivity contribution in [2.75, 3.05) is 25.0 Å². The Hall–Kier alpha value is -2.31. The highest BCUT2D eigenvalue weighted by atomic mass is 32.2. The molecule has 2 rings (SSSR count). The van der Waals surface area contributed by atoms with Gasteiger partial charge in [-0.2, -0.15) is 0 Å². The molecular weight excluding hydrogens is 358 g/mol. The van der Waals surface area contributed by atoms with Crippen LogP contribution in [0.2, 0.25) is 0 Å². The Kier molecular flexibility index (Phi) is 8.36. The summed E-state index contributed by atoms with van der Waals surface area (Å²) in [5.41, 5.74) is 0.775. The van der Waals surface area contributed by atoms with Crippen LogP contribution in [0.4, 0.5) is 5.69 Å². The number of rotatable bonds is 9. The molecule has 0 aromatic heterocycles. The molecule has 144 valence electrons. The SMILES string of the molecule is CCNC(=O)CN(CC)C(C)C(=O)Nc1ccccc1Sc1ccccc1. The van der Waals surface area contributed by atoms with E-state index in [4.69, 9.17) is 0 Å². The highest BCUT2D eigenvalue weighted by molar-refractivity contribution is 7.99. The number of carbonyl (C=O) groups is 2. The predicted octanol–water partition coefficient (Wildman–Crippen LogP) is 3.62. The summed E-state index contributed by atoms with van der Waals surface area (Å²) in [4.78, 5) is 28.6. The predicted molar refractivity (Wildman–Crippen MR) is 111 cm³/mol. The first-order valence-corrected chi connectivity index (χ1v) is 10.00. The van der Waals surface area contributed by atoms with Crippen molar-refractivity contribution in [2.24, 2.45) is 0 Å². The van der Waals surface area contributed by atoms with Crippen LogP contribution < -0.4 is 10.6 Å². The molecule has 6 heteroatoms. The van der Waals surface area contributed by atoms with E-state index in [9.17, 15) is 9.59 Å². The summed E-state index contributed by atoms with van der Waals surface area (Å²) in [6, 6.07) is 17.4. The lowest BCUT2D eigenvalue weighted by Gasteiger charge is -2.26. The minimum absolute atomic E-state index is 0.0703. The van der Waals surface area contributed by atoms with Crippen LogP contribution in [-0.2, 0) is 9.59 Å². The van der Waals surface area contributed by atoms with Crippen molar-refractivity contribution in [3.05, 3.63) is 54.6 Å². The quantitative estimate of drug-likeness (QED) is 0.692. The minimum Gasteiger partial charge on any atom is -0.355 e. The Labute approximate surface area is 165 Å². The van der Waals surface area contributed by atoms with Crippen LogP contribution in [-0.4, -0.2) is 42.4 Å². The van der Waals surface area contributed by atoms with Gasteiger partial charge in [0.2, 0.25) is 11.8 Å². The highest BCUT2D eigenvalue weighted by Crippen LogP contribution is 2.33. The Morgan fingerprint density at radius 2 is 1.70 bits per heavy atom. The van der Waals surface area contributed by atoms with E-state index in [1.54, 1.807) is 11.8 Å². The topological polar surface area (TPSA) is 61.4 Å². The van der Waals surface area contributed by atoms with Gasteiger partial charge in [-0.15, -0.1) is 0 Å². The summed E-state index contributed by atoms with van der Waals surface area (Å²) in [5.74, 6) is -0.193. The second-order valence-electron chi connectivity index (χ2n) is 6.09. The molecule has 0 fully saturated rings. The maximum Gasteiger partial charge on any atom is 0.241 e. The first kappa shape index (κ1) is 21.0. The fourth-order valence-corrected chi connectivity index (χ4v) is 3.56. The average molecular weight is 386 g/mol. The summed E-state index contributed by atoms with van der Waals surface area (Å²) in [7, 11) is 0. The summed E-state index contributed by atoms with van der Waals surface area (Å²) in [6.45, 7) is 7.06. The van der Waals surface area contributed by atoms with Crippen LogP contribution in [0.1, 0.15) is 20.8 Å². The fraction of sp³-hybridized carbons (Fsp3) is 0.333. The van der Waals surface area contributed by atoms with Gasteiger partial charge < -0.3 is 10.6 Å². The Bertz CT molecular complexity index is 752. The van der Waals surface area contributed by atoms with Crippen molar-refractivity contribution in [1.82, 2.24) is 10.2 Å². The molecule has 1 atom stereocenters. The lowest BCUT2D eigenvalue weighted by atomic mass is 10.2. The van der Waals surface area contributed by atoms with Gasteiger partial charge in [-0.05, 0) is 44.7 Å². The number of nitrogens with zero attached hydrogens (tertiary/aromatic N) is 1. The van der Waals surface area contributed by atoms with E-state index in [1.165, 1.54) is 0 Å². The normalized spacial score (nSPS) is 11.9. The molecule has 5 nitrogen and oxygen atoms in total. The number of hydrogen-bond acceptors (Lipinski definition) is 4. The summed E-state index contributed by atoms with van der Waals surface area (Å²) >= 11 is 1.61. The standard InChI is InChI=1S/C21H27N3O2S/c1-4-22-20(25)15-24(5-2)16(3)21(26)23-18-13-9-10-14-19(18)27-17-11-7-6-8-12-17/h6-14,16H,4-5,15H2,1-3H3,(H,22,25)(H,23,26). The van der Waals surface area contributed by atoms with E-state index in [0.29, 0.717) is 13.1 Å². The molecule has 0 saturated heterocycles.